The van der Waals surface area contributed by atoms with Crippen LogP contribution in [0.4, 0.5) is 0 Å². The van der Waals surface area contributed by atoms with Crippen molar-refractivity contribution in [3.05, 3.63) is 60.2 Å². The van der Waals surface area contributed by atoms with Crippen molar-refractivity contribution in [1.82, 2.24) is 0 Å². The molecule has 0 aliphatic rings. The zero-order valence-electron chi connectivity index (χ0n) is 9.10. The van der Waals surface area contributed by atoms with Crippen molar-refractivity contribution in [3.8, 4) is 0 Å². The summed E-state index contributed by atoms with van der Waals surface area (Å²) in [6.45, 7) is 0. The summed E-state index contributed by atoms with van der Waals surface area (Å²) in [6.07, 6.45) is 0. The second-order valence-electron chi connectivity index (χ2n) is 4.05. The van der Waals surface area contributed by atoms with Crippen LogP contribution in [-0.4, -0.2) is 5.91 Å². The molecular weight excluding hydrogens is 210 g/mol. The molecule has 0 aliphatic carbocycles. The predicted molar refractivity (Wildman–Crippen MR) is 68.8 cm³/mol. The molecule has 0 saturated heterocycles. The Morgan fingerprint density at radius 2 is 1.71 bits per heavy atom. The van der Waals surface area contributed by atoms with Crippen molar-refractivity contribution in [3.63, 3.8) is 0 Å². The quantitative estimate of drug-likeness (QED) is 0.629. The molecule has 1 radical (unpaired) electrons. The van der Waals surface area contributed by atoms with Crippen LogP contribution in [0.15, 0.2) is 48.5 Å². The molecule has 0 saturated carbocycles. The van der Waals surface area contributed by atoms with E-state index in [4.69, 9.17) is 5.73 Å². The number of benzene rings is 3. The monoisotopic (exact) mass is 220 g/mol. The summed E-state index contributed by atoms with van der Waals surface area (Å²) in [7, 11) is 0. The Morgan fingerprint density at radius 1 is 0.941 bits per heavy atom. The van der Waals surface area contributed by atoms with Gasteiger partial charge in [-0.1, -0.05) is 18.2 Å². The minimum atomic E-state index is -0.397. The number of carbonyl (C=O) groups is 1. The molecular formula is C15H10NO. The number of amides is 1. The van der Waals surface area contributed by atoms with Crippen molar-refractivity contribution >= 4 is 27.5 Å². The highest BCUT2D eigenvalue weighted by molar-refractivity contribution is 6.02. The Morgan fingerprint density at radius 3 is 2.53 bits per heavy atom. The maximum atomic E-state index is 11.1. The molecule has 1 amide bonds. The van der Waals surface area contributed by atoms with Crippen LogP contribution in [0.1, 0.15) is 10.4 Å². The molecule has 81 valence electrons. The van der Waals surface area contributed by atoms with E-state index >= 15 is 0 Å². The van der Waals surface area contributed by atoms with Gasteiger partial charge in [-0.05, 0) is 57.9 Å². The summed E-state index contributed by atoms with van der Waals surface area (Å²) in [5.41, 5.74) is 5.81. The van der Waals surface area contributed by atoms with Crippen molar-refractivity contribution in [1.29, 1.82) is 0 Å². The third-order valence-electron chi connectivity index (χ3n) is 2.92. The molecule has 3 aromatic carbocycles. The molecule has 0 heterocycles. The van der Waals surface area contributed by atoms with E-state index in [9.17, 15) is 4.79 Å². The molecule has 3 rings (SSSR count). The molecule has 0 atom stereocenters. The summed E-state index contributed by atoms with van der Waals surface area (Å²) < 4.78 is 0. The van der Waals surface area contributed by atoms with Crippen LogP contribution < -0.4 is 5.73 Å². The van der Waals surface area contributed by atoms with Gasteiger partial charge in [0.15, 0.2) is 0 Å². The lowest BCUT2D eigenvalue weighted by Crippen LogP contribution is -2.10. The highest BCUT2D eigenvalue weighted by Crippen LogP contribution is 2.23. The van der Waals surface area contributed by atoms with Gasteiger partial charge in [0.05, 0.1) is 0 Å². The molecule has 0 fully saturated rings. The molecule has 0 aromatic heterocycles. The Kier molecular flexibility index (Phi) is 2.08. The van der Waals surface area contributed by atoms with Gasteiger partial charge in [-0.15, -0.1) is 0 Å². The third-order valence-corrected chi connectivity index (χ3v) is 2.92. The van der Waals surface area contributed by atoms with E-state index < -0.39 is 5.91 Å². The lowest BCUT2D eigenvalue weighted by atomic mass is 10.0. The first-order chi connectivity index (χ1) is 8.24. The van der Waals surface area contributed by atoms with E-state index in [1.807, 2.05) is 36.4 Å². The van der Waals surface area contributed by atoms with Gasteiger partial charge in [0, 0.05) is 5.56 Å². The van der Waals surface area contributed by atoms with Crippen molar-refractivity contribution in [2.45, 2.75) is 0 Å². The van der Waals surface area contributed by atoms with E-state index in [0.717, 1.165) is 16.2 Å². The predicted octanol–water partition coefficient (Wildman–Crippen LogP) is 2.89. The van der Waals surface area contributed by atoms with Crippen LogP contribution in [0.3, 0.4) is 0 Å². The molecule has 0 unspecified atom stereocenters. The fourth-order valence-electron chi connectivity index (χ4n) is 2.03. The van der Waals surface area contributed by atoms with Crippen LogP contribution in [0, 0.1) is 6.07 Å². The molecule has 3 aromatic rings. The van der Waals surface area contributed by atoms with E-state index in [0.29, 0.717) is 5.56 Å². The van der Waals surface area contributed by atoms with Crippen LogP contribution in [0.25, 0.3) is 21.5 Å². The molecule has 2 N–H and O–H groups in total. The van der Waals surface area contributed by atoms with Gasteiger partial charge in [0.2, 0.25) is 5.91 Å². The molecule has 0 bridgehead atoms. The van der Waals surface area contributed by atoms with E-state index in [1.165, 1.54) is 5.39 Å². The average Bonchev–Trinajstić information content (AvgIpc) is 2.35. The van der Waals surface area contributed by atoms with Gasteiger partial charge < -0.3 is 5.73 Å². The van der Waals surface area contributed by atoms with Crippen LogP contribution >= 0.6 is 0 Å². The van der Waals surface area contributed by atoms with E-state index in [1.54, 1.807) is 6.07 Å². The van der Waals surface area contributed by atoms with E-state index in [2.05, 4.69) is 12.1 Å². The molecule has 0 spiro atoms. The fraction of sp³-hybridized carbons (Fsp3) is 0. The number of fused-ring (bicyclic) bond motifs is 2. The number of carbonyl (C=O) groups excluding carboxylic acids is 1. The summed E-state index contributed by atoms with van der Waals surface area (Å²) >= 11 is 0. The summed E-state index contributed by atoms with van der Waals surface area (Å²) in [6, 6.07) is 18.6. The smallest absolute Gasteiger partial charge is 0.248 e. The number of rotatable bonds is 1. The Hall–Kier alpha value is -2.35. The first-order valence-electron chi connectivity index (χ1n) is 5.37. The minimum absolute atomic E-state index is 0.397. The third kappa shape index (κ3) is 1.64. The highest BCUT2D eigenvalue weighted by Gasteiger charge is 2.02. The van der Waals surface area contributed by atoms with Crippen LogP contribution in [0.2, 0.25) is 0 Å². The van der Waals surface area contributed by atoms with Crippen molar-refractivity contribution in [2.75, 3.05) is 0 Å². The fourth-order valence-corrected chi connectivity index (χ4v) is 2.03. The zero-order valence-corrected chi connectivity index (χ0v) is 9.10. The van der Waals surface area contributed by atoms with Crippen molar-refractivity contribution < 1.29 is 4.79 Å². The highest BCUT2D eigenvalue weighted by atomic mass is 16.1. The normalized spacial score (nSPS) is 10.8. The van der Waals surface area contributed by atoms with E-state index in [-0.39, 0.29) is 0 Å². The standard InChI is InChI=1S/C15H10NO/c16-15(17)13-6-5-12-7-10-3-1-2-4-11(10)8-14(12)9-13/h1,3-9H,(H2,16,17). The molecule has 2 heteroatoms. The first-order valence-corrected chi connectivity index (χ1v) is 5.37. The largest absolute Gasteiger partial charge is 0.366 e. The summed E-state index contributed by atoms with van der Waals surface area (Å²) in [5.74, 6) is -0.397. The molecule has 2 nitrogen and oxygen atoms in total. The van der Waals surface area contributed by atoms with Gasteiger partial charge in [-0.25, -0.2) is 0 Å². The SMILES string of the molecule is NC(=O)c1ccc2cc3cc[c]cc3cc2c1. The Labute approximate surface area is 98.7 Å². The topological polar surface area (TPSA) is 43.1 Å². The lowest BCUT2D eigenvalue weighted by molar-refractivity contribution is 0.100. The van der Waals surface area contributed by atoms with Gasteiger partial charge in [0.1, 0.15) is 0 Å². The average molecular weight is 220 g/mol. The van der Waals surface area contributed by atoms with Gasteiger partial charge >= 0.3 is 0 Å². The van der Waals surface area contributed by atoms with Crippen LogP contribution in [0.5, 0.6) is 0 Å². The molecule has 0 aliphatic heterocycles. The Balaban J connectivity index is 2.36. The number of hydrogen-bond donors (Lipinski definition) is 1. The Bertz CT molecular complexity index is 731. The summed E-state index contributed by atoms with van der Waals surface area (Å²) in [5, 5.41) is 4.41. The summed E-state index contributed by atoms with van der Waals surface area (Å²) in [4.78, 5) is 11.1. The maximum Gasteiger partial charge on any atom is 0.248 e. The number of nitrogens with two attached hydrogens (primary N) is 1. The van der Waals surface area contributed by atoms with Crippen molar-refractivity contribution in [2.24, 2.45) is 5.73 Å². The van der Waals surface area contributed by atoms with Gasteiger partial charge in [-0.2, -0.15) is 0 Å². The second-order valence-corrected chi connectivity index (χ2v) is 4.05. The second kappa shape index (κ2) is 3.59. The first kappa shape index (κ1) is 9.85. The van der Waals surface area contributed by atoms with Gasteiger partial charge in [0.25, 0.3) is 0 Å². The molecule has 17 heavy (non-hydrogen) atoms. The minimum Gasteiger partial charge on any atom is -0.366 e. The van der Waals surface area contributed by atoms with Gasteiger partial charge in [-0.3, -0.25) is 4.79 Å². The number of hydrogen-bond acceptors (Lipinski definition) is 1. The number of primary amides is 1. The maximum absolute atomic E-state index is 11.1. The lowest BCUT2D eigenvalue weighted by Gasteiger charge is -2.03. The zero-order chi connectivity index (χ0) is 11.8. The van der Waals surface area contributed by atoms with Crippen LogP contribution in [-0.2, 0) is 0 Å².